The molecule has 0 radical (unpaired) electrons. The van der Waals surface area contributed by atoms with Gasteiger partial charge in [-0.1, -0.05) is 57.0 Å². The topological polar surface area (TPSA) is 38.0 Å². The second-order valence-electron chi connectivity index (χ2n) is 5.63. The van der Waals surface area contributed by atoms with E-state index in [1.165, 1.54) is 24.8 Å². The van der Waals surface area contributed by atoms with E-state index in [1.54, 1.807) is 0 Å². The van der Waals surface area contributed by atoms with Gasteiger partial charge in [-0.3, -0.25) is 11.3 Å². The highest BCUT2D eigenvalue weighted by Gasteiger charge is 2.39. The summed E-state index contributed by atoms with van der Waals surface area (Å²) < 4.78 is 0. The number of benzene rings is 1. The minimum atomic E-state index is 0.179. The summed E-state index contributed by atoms with van der Waals surface area (Å²) in [5, 5.41) is 0. The number of nitrogens with two attached hydrogens (primary N) is 1. The Labute approximate surface area is 111 Å². The smallest absolute Gasteiger partial charge is 0.0309 e. The second-order valence-corrected chi connectivity index (χ2v) is 5.63. The van der Waals surface area contributed by atoms with E-state index in [1.807, 2.05) is 0 Å². The molecule has 1 saturated carbocycles. The lowest BCUT2D eigenvalue weighted by molar-refractivity contribution is 0.252. The minimum Gasteiger partial charge on any atom is -0.271 e. The fourth-order valence-corrected chi connectivity index (χ4v) is 3.26. The first-order valence-electron chi connectivity index (χ1n) is 7.28. The molecule has 1 aliphatic rings. The first-order chi connectivity index (χ1) is 8.76. The molecule has 1 fully saturated rings. The molecular formula is C16H26N2. The van der Waals surface area contributed by atoms with Crippen molar-refractivity contribution in [2.45, 2.75) is 57.4 Å². The fraction of sp³-hybridized carbons (Fsp3) is 0.625. The summed E-state index contributed by atoms with van der Waals surface area (Å²) >= 11 is 0. The highest BCUT2D eigenvalue weighted by atomic mass is 15.2. The second kappa shape index (κ2) is 5.85. The van der Waals surface area contributed by atoms with Crippen LogP contribution < -0.4 is 11.3 Å². The van der Waals surface area contributed by atoms with Crippen LogP contribution in [0.15, 0.2) is 30.3 Å². The van der Waals surface area contributed by atoms with E-state index in [2.05, 4.69) is 49.6 Å². The zero-order valence-electron chi connectivity index (χ0n) is 11.7. The van der Waals surface area contributed by atoms with E-state index < -0.39 is 0 Å². The maximum absolute atomic E-state index is 5.87. The van der Waals surface area contributed by atoms with Crippen molar-refractivity contribution < 1.29 is 0 Å². The molecule has 18 heavy (non-hydrogen) atoms. The predicted octanol–water partition coefficient (Wildman–Crippen LogP) is 3.38. The molecule has 100 valence electrons. The molecule has 2 heteroatoms. The molecule has 1 aromatic carbocycles. The van der Waals surface area contributed by atoms with Crippen LogP contribution in [0.1, 0.15) is 51.5 Å². The first-order valence-corrected chi connectivity index (χ1v) is 7.28. The van der Waals surface area contributed by atoms with Crippen LogP contribution >= 0.6 is 0 Å². The Kier molecular flexibility index (Phi) is 4.41. The van der Waals surface area contributed by atoms with E-state index in [0.29, 0.717) is 6.04 Å². The zero-order chi connectivity index (χ0) is 13.0. The van der Waals surface area contributed by atoms with Crippen LogP contribution in [0, 0.1) is 5.92 Å². The van der Waals surface area contributed by atoms with Crippen molar-refractivity contribution in [1.82, 2.24) is 5.43 Å². The zero-order valence-corrected chi connectivity index (χ0v) is 11.7. The van der Waals surface area contributed by atoms with Crippen LogP contribution in [0.2, 0.25) is 0 Å². The summed E-state index contributed by atoms with van der Waals surface area (Å²) in [4.78, 5) is 0. The van der Waals surface area contributed by atoms with Crippen molar-refractivity contribution >= 4 is 0 Å². The fourth-order valence-electron chi connectivity index (χ4n) is 3.26. The molecule has 1 atom stereocenters. The quantitative estimate of drug-likeness (QED) is 0.572. The summed E-state index contributed by atoms with van der Waals surface area (Å²) in [6.45, 7) is 4.57. The van der Waals surface area contributed by atoms with Crippen LogP contribution in [0.3, 0.4) is 0 Å². The highest BCUT2D eigenvalue weighted by molar-refractivity contribution is 5.27. The molecule has 0 bridgehead atoms. The Morgan fingerprint density at radius 1 is 1.22 bits per heavy atom. The van der Waals surface area contributed by atoms with E-state index in [-0.39, 0.29) is 5.41 Å². The van der Waals surface area contributed by atoms with Crippen LogP contribution in [0.5, 0.6) is 0 Å². The van der Waals surface area contributed by atoms with Crippen molar-refractivity contribution in [3.05, 3.63) is 35.9 Å². The van der Waals surface area contributed by atoms with Crippen LogP contribution in [-0.4, -0.2) is 6.04 Å². The van der Waals surface area contributed by atoms with E-state index >= 15 is 0 Å². The molecular weight excluding hydrogens is 220 g/mol. The monoisotopic (exact) mass is 246 g/mol. The van der Waals surface area contributed by atoms with Crippen LogP contribution in [-0.2, 0) is 5.41 Å². The Bertz CT molecular complexity index is 353. The van der Waals surface area contributed by atoms with Gasteiger partial charge in [0.1, 0.15) is 0 Å². The number of rotatable bonds is 7. The molecule has 3 N–H and O–H groups in total. The number of hydrogen-bond acceptors (Lipinski definition) is 2. The largest absolute Gasteiger partial charge is 0.271 e. The SMILES string of the molecule is CCC(CC)(c1ccccc1)C(CC1CC1)NN. The molecule has 1 aromatic rings. The standard InChI is InChI=1S/C16H26N2/c1-3-16(4-2,14-8-6-5-7-9-14)15(18-17)12-13-10-11-13/h5-9,13,15,18H,3-4,10-12,17H2,1-2H3. The minimum absolute atomic E-state index is 0.179. The van der Waals surface area contributed by atoms with Gasteiger partial charge in [-0.15, -0.1) is 0 Å². The van der Waals surface area contributed by atoms with Gasteiger partial charge in [-0.25, -0.2) is 0 Å². The summed E-state index contributed by atoms with van der Waals surface area (Å²) in [5.74, 6) is 6.77. The maximum atomic E-state index is 5.87. The third-order valence-corrected chi connectivity index (χ3v) is 4.74. The highest BCUT2D eigenvalue weighted by Crippen LogP contribution is 2.42. The average molecular weight is 246 g/mol. The van der Waals surface area contributed by atoms with Crippen molar-refractivity contribution in [2.24, 2.45) is 11.8 Å². The molecule has 0 spiro atoms. The molecule has 1 aliphatic carbocycles. The first kappa shape index (κ1) is 13.6. The van der Waals surface area contributed by atoms with Gasteiger partial charge in [0.25, 0.3) is 0 Å². The number of hydrogen-bond donors (Lipinski definition) is 2. The summed E-state index contributed by atoms with van der Waals surface area (Å²) in [7, 11) is 0. The Balaban J connectivity index is 2.28. The average Bonchev–Trinajstić information content (AvgIpc) is 3.24. The van der Waals surface area contributed by atoms with Gasteiger partial charge in [-0.2, -0.15) is 0 Å². The van der Waals surface area contributed by atoms with Gasteiger partial charge in [0.15, 0.2) is 0 Å². The lowest BCUT2D eigenvalue weighted by Gasteiger charge is -2.40. The third kappa shape index (κ3) is 2.60. The van der Waals surface area contributed by atoms with Gasteiger partial charge >= 0.3 is 0 Å². The molecule has 0 amide bonds. The Morgan fingerprint density at radius 2 is 1.83 bits per heavy atom. The molecule has 2 nitrogen and oxygen atoms in total. The molecule has 2 rings (SSSR count). The van der Waals surface area contributed by atoms with E-state index in [0.717, 1.165) is 18.8 Å². The molecule has 0 aromatic heterocycles. The molecule has 0 aliphatic heterocycles. The lowest BCUT2D eigenvalue weighted by atomic mass is 9.69. The predicted molar refractivity (Wildman–Crippen MR) is 77.2 cm³/mol. The van der Waals surface area contributed by atoms with E-state index in [9.17, 15) is 0 Å². The molecule has 0 heterocycles. The van der Waals surface area contributed by atoms with Crippen molar-refractivity contribution in [1.29, 1.82) is 0 Å². The molecule has 1 unspecified atom stereocenters. The maximum Gasteiger partial charge on any atom is 0.0309 e. The number of hydrazine groups is 1. The van der Waals surface area contributed by atoms with Crippen molar-refractivity contribution in [3.8, 4) is 0 Å². The van der Waals surface area contributed by atoms with Crippen molar-refractivity contribution in [3.63, 3.8) is 0 Å². The summed E-state index contributed by atoms with van der Waals surface area (Å²) in [6, 6.07) is 11.3. The normalized spacial score (nSPS) is 17.7. The van der Waals surface area contributed by atoms with Gasteiger partial charge in [0.2, 0.25) is 0 Å². The van der Waals surface area contributed by atoms with E-state index in [4.69, 9.17) is 5.84 Å². The third-order valence-electron chi connectivity index (χ3n) is 4.74. The lowest BCUT2D eigenvalue weighted by Crippen LogP contribution is -2.51. The summed E-state index contributed by atoms with van der Waals surface area (Å²) in [5.41, 5.74) is 4.72. The molecule has 0 saturated heterocycles. The van der Waals surface area contributed by atoms with Crippen LogP contribution in [0.25, 0.3) is 0 Å². The summed E-state index contributed by atoms with van der Waals surface area (Å²) in [6.07, 6.45) is 6.25. The van der Waals surface area contributed by atoms with Crippen LogP contribution in [0.4, 0.5) is 0 Å². The Hall–Kier alpha value is -0.860. The number of nitrogens with one attached hydrogen (secondary N) is 1. The van der Waals surface area contributed by atoms with Gasteiger partial charge < -0.3 is 0 Å². The van der Waals surface area contributed by atoms with Gasteiger partial charge in [0, 0.05) is 11.5 Å². The van der Waals surface area contributed by atoms with Gasteiger partial charge in [0.05, 0.1) is 0 Å². The van der Waals surface area contributed by atoms with Gasteiger partial charge in [-0.05, 0) is 30.7 Å². The van der Waals surface area contributed by atoms with Crippen molar-refractivity contribution in [2.75, 3.05) is 0 Å². The Morgan fingerprint density at radius 3 is 2.28 bits per heavy atom.